The Kier molecular flexibility index (Phi) is 6.63. The molecule has 3 rings (SSSR count). The van der Waals surface area contributed by atoms with Crippen LogP contribution in [0.3, 0.4) is 0 Å². The van der Waals surface area contributed by atoms with E-state index in [1.165, 1.54) is 16.0 Å². The van der Waals surface area contributed by atoms with Gasteiger partial charge < -0.3 is 15.0 Å². The van der Waals surface area contributed by atoms with Crippen molar-refractivity contribution in [3.63, 3.8) is 0 Å². The van der Waals surface area contributed by atoms with Crippen LogP contribution in [0.15, 0.2) is 35.5 Å². The van der Waals surface area contributed by atoms with Crippen LogP contribution in [0.1, 0.15) is 34.0 Å². The number of hydrogen-bond donors (Lipinski definition) is 1. The maximum absolute atomic E-state index is 6.05. The van der Waals surface area contributed by atoms with Crippen LogP contribution in [0.5, 0.6) is 0 Å². The summed E-state index contributed by atoms with van der Waals surface area (Å²) in [7, 11) is 0. The van der Waals surface area contributed by atoms with E-state index in [4.69, 9.17) is 9.73 Å². The summed E-state index contributed by atoms with van der Waals surface area (Å²) < 4.78 is 6.05. The topological polar surface area (TPSA) is 49.8 Å². The Morgan fingerprint density at radius 2 is 2.23 bits per heavy atom. The predicted molar refractivity (Wildman–Crippen MR) is 108 cm³/mol. The van der Waals surface area contributed by atoms with Gasteiger partial charge in [0.25, 0.3) is 0 Å². The van der Waals surface area contributed by atoms with Gasteiger partial charge in [-0.2, -0.15) is 0 Å². The fourth-order valence-corrected chi connectivity index (χ4v) is 3.95. The molecular formula is C20H28N4OS. The first-order chi connectivity index (χ1) is 12.7. The molecule has 0 aliphatic carbocycles. The van der Waals surface area contributed by atoms with Crippen LogP contribution in [0.2, 0.25) is 0 Å². The van der Waals surface area contributed by atoms with Crippen LogP contribution >= 0.6 is 11.3 Å². The minimum atomic E-state index is 0.0930. The lowest BCUT2D eigenvalue weighted by Crippen LogP contribution is -2.48. The molecule has 0 radical (unpaired) electrons. The van der Waals surface area contributed by atoms with Crippen molar-refractivity contribution in [3.8, 4) is 0 Å². The molecule has 2 heterocycles. The highest BCUT2D eigenvalue weighted by atomic mass is 32.1. The lowest BCUT2D eigenvalue weighted by Gasteiger charge is -2.35. The lowest BCUT2D eigenvalue weighted by atomic mass is 10.0. The number of ether oxygens (including phenoxy) is 1. The first-order valence-electron chi connectivity index (χ1n) is 9.29. The van der Waals surface area contributed by atoms with Gasteiger partial charge in [0.05, 0.1) is 18.2 Å². The number of benzene rings is 1. The number of aromatic nitrogens is 1. The second-order valence-electron chi connectivity index (χ2n) is 6.51. The molecule has 1 aromatic heterocycles. The van der Waals surface area contributed by atoms with Crippen molar-refractivity contribution in [1.29, 1.82) is 0 Å². The molecule has 1 aliphatic rings. The van der Waals surface area contributed by atoms with Gasteiger partial charge in [-0.3, -0.25) is 4.99 Å². The number of rotatable bonds is 5. The molecular weight excluding hydrogens is 344 g/mol. The SMILES string of the molecule is CCNC(=NCCc1ncc(C)s1)N1CCOC(c2ccccc2C)C1. The third-order valence-electron chi connectivity index (χ3n) is 4.49. The van der Waals surface area contributed by atoms with Gasteiger partial charge >= 0.3 is 0 Å². The Morgan fingerprint density at radius 3 is 2.96 bits per heavy atom. The van der Waals surface area contributed by atoms with Gasteiger partial charge in [-0.05, 0) is 31.9 Å². The van der Waals surface area contributed by atoms with Crippen LogP contribution in [0.25, 0.3) is 0 Å². The zero-order valence-corrected chi connectivity index (χ0v) is 16.7. The van der Waals surface area contributed by atoms with Crippen LogP contribution in [-0.4, -0.2) is 48.6 Å². The van der Waals surface area contributed by atoms with Crippen molar-refractivity contribution < 1.29 is 4.74 Å². The summed E-state index contributed by atoms with van der Waals surface area (Å²) in [6.07, 6.45) is 2.92. The maximum atomic E-state index is 6.05. The number of hydrogen-bond acceptors (Lipinski definition) is 4. The first kappa shape index (κ1) is 18.9. The summed E-state index contributed by atoms with van der Waals surface area (Å²) in [6, 6.07) is 8.47. The van der Waals surface area contributed by atoms with Gasteiger partial charge in [-0.25, -0.2) is 4.98 Å². The molecule has 1 fully saturated rings. The smallest absolute Gasteiger partial charge is 0.194 e. The highest BCUT2D eigenvalue weighted by Gasteiger charge is 2.25. The van der Waals surface area contributed by atoms with Gasteiger partial charge in [-0.15, -0.1) is 11.3 Å². The molecule has 2 aromatic rings. The lowest BCUT2D eigenvalue weighted by molar-refractivity contribution is -0.00832. The minimum absolute atomic E-state index is 0.0930. The van der Waals surface area contributed by atoms with Gasteiger partial charge in [0.1, 0.15) is 6.10 Å². The molecule has 1 saturated heterocycles. The van der Waals surface area contributed by atoms with Crippen LogP contribution < -0.4 is 5.32 Å². The van der Waals surface area contributed by atoms with E-state index >= 15 is 0 Å². The Hall–Kier alpha value is -1.92. The Morgan fingerprint density at radius 1 is 1.38 bits per heavy atom. The average Bonchev–Trinajstić information content (AvgIpc) is 3.07. The number of morpholine rings is 1. The molecule has 1 aromatic carbocycles. The molecule has 0 bridgehead atoms. The van der Waals surface area contributed by atoms with Crippen molar-refractivity contribution in [1.82, 2.24) is 15.2 Å². The second kappa shape index (κ2) is 9.14. The number of nitrogens with zero attached hydrogens (tertiary/aromatic N) is 3. The minimum Gasteiger partial charge on any atom is -0.370 e. The van der Waals surface area contributed by atoms with E-state index in [-0.39, 0.29) is 6.10 Å². The monoisotopic (exact) mass is 372 g/mol. The molecule has 0 spiro atoms. The molecule has 0 saturated carbocycles. The van der Waals surface area contributed by atoms with Gasteiger partial charge in [0, 0.05) is 37.1 Å². The van der Waals surface area contributed by atoms with Crippen molar-refractivity contribution in [3.05, 3.63) is 51.5 Å². The summed E-state index contributed by atoms with van der Waals surface area (Å²) in [4.78, 5) is 12.8. The Bertz CT molecular complexity index is 743. The number of aryl methyl sites for hydroxylation is 2. The highest BCUT2D eigenvalue weighted by molar-refractivity contribution is 7.11. The molecule has 140 valence electrons. The summed E-state index contributed by atoms with van der Waals surface area (Å²) >= 11 is 1.75. The molecule has 1 atom stereocenters. The molecule has 5 nitrogen and oxygen atoms in total. The van der Waals surface area contributed by atoms with E-state index < -0.39 is 0 Å². The zero-order valence-electron chi connectivity index (χ0n) is 15.9. The number of aliphatic imine (C=N–C) groups is 1. The zero-order chi connectivity index (χ0) is 18.4. The normalized spacial score (nSPS) is 18.2. The predicted octanol–water partition coefficient (Wildman–Crippen LogP) is 3.34. The first-order valence-corrected chi connectivity index (χ1v) is 10.1. The summed E-state index contributed by atoms with van der Waals surface area (Å²) in [5.74, 6) is 0.975. The molecule has 0 amide bonds. The van der Waals surface area contributed by atoms with Crippen LogP contribution in [0, 0.1) is 13.8 Å². The van der Waals surface area contributed by atoms with Crippen molar-refractivity contribution >= 4 is 17.3 Å². The van der Waals surface area contributed by atoms with Crippen molar-refractivity contribution in [2.45, 2.75) is 33.3 Å². The van der Waals surface area contributed by atoms with Gasteiger partial charge in [0.2, 0.25) is 0 Å². The summed E-state index contributed by atoms with van der Waals surface area (Å²) in [6.45, 7) is 10.4. The van der Waals surface area contributed by atoms with E-state index in [0.717, 1.165) is 50.2 Å². The van der Waals surface area contributed by atoms with Crippen LogP contribution in [0.4, 0.5) is 0 Å². The highest BCUT2D eigenvalue weighted by Crippen LogP contribution is 2.25. The maximum Gasteiger partial charge on any atom is 0.194 e. The number of thiazole rings is 1. The van der Waals surface area contributed by atoms with Gasteiger partial charge in [0.15, 0.2) is 5.96 Å². The second-order valence-corrected chi connectivity index (χ2v) is 7.83. The molecule has 26 heavy (non-hydrogen) atoms. The summed E-state index contributed by atoms with van der Waals surface area (Å²) in [5.41, 5.74) is 2.55. The molecule has 1 N–H and O–H groups in total. The van der Waals surface area contributed by atoms with Crippen LogP contribution in [-0.2, 0) is 11.2 Å². The van der Waals surface area contributed by atoms with Gasteiger partial charge in [-0.1, -0.05) is 24.3 Å². The molecule has 6 heteroatoms. The fourth-order valence-electron chi connectivity index (χ4n) is 3.18. The van der Waals surface area contributed by atoms with E-state index in [2.05, 4.69) is 60.2 Å². The largest absolute Gasteiger partial charge is 0.370 e. The average molecular weight is 373 g/mol. The van der Waals surface area contributed by atoms with E-state index in [0.29, 0.717) is 0 Å². The third-order valence-corrected chi connectivity index (χ3v) is 5.47. The fraction of sp³-hybridized carbons (Fsp3) is 0.500. The van der Waals surface area contributed by atoms with E-state index in [1.807, 2.05) is 6.20 Å². The molecule has 1 aliphatic heterocycles. The van der Waals surface area contributed by atoms with Crippen molar-refractivity contribution in [2.75, 3.05) is 32.8 Å². The number of nitrogens with one attached hydrogen (secondary N) is 1. The van der Waals surface area contributed by atoms with E-state index in [1.54, 1.807) is 11.3 Å². The Labute approximate surface area is 160 Å². The quantitative estimate of drug-likeness (QED) is 0.646. The third kappa shape index (κ3) is 4.83. The molecule has 1 unspecified atom stereocenters. The van der Waals surface area contributed by atoms with E-state index in [9.17, 15) is 0 Å². The summed E-state index contributed by atoms with van der Waals surface area (Å²) in [5, 5.41) is 4.59. The standard InChI is InChI=1S/C20H28N4OS/c1-4-21-20(22-10-9-19-23-13-16(3)26-19)24-11-12-25-18(14-24)17-8-6-5-7-15(17)2/h5-8,13,18H,4,9-12,14H2,1-3H3,(H,21,22). The number of guanidine groups is 1. The van der Waals surface area contributed by atoms with Crippen molar-refractivity contribution in [2.24, 2.45) is 4.99 Å². The Balaban J connectivity index is 1.66.